The minimum Gasteiger partial charge on any atom is -0.486 e. The summed E-state index contributed by atoms with van der Waals surface area (Å²) in [6, 6.07) is 36.1. The molecule has 3 atom stereocenters. The quantitative estimate of drug-likeness (QED) is 0.0421. The maximum atomic E-state index is 13.0. The molecule has 396 valence electrons. The maximum absolute atomic E-state index is 13.0. The van der Waals surface area contributed by atoms with E-state index in [1.807, 2.05) is 18.2 Å². The Hall–Kier alpha value is -5.74. The van der Waals surface area contributed by atoms with Crippen molar-refractivity contribution in [3.8, 4) is 11.5 Å². The van der Waals surface area contributed by atoms with Crippen molar-refractivity contribution in [2.75, 3.05) is 92.1 Å². The molecule has 2 amide bonds. The van der Waals surface area contributed by atoms with Gasteiger partial charge in [0.1, 0.15) is 23.7 Å². The van der Waals surface area contributed by atoms with Crippen molar-refractivity contribution in [1.29, 1.82) is 0 Å². The van der Waals surface area contributed by atoms with Crippen molar-refractivity contribution in [3.05, 3.63) is 155 Å². The van der Waals surface area contributed by atoms with Crippen molar-refractivity contribution in [2.24, 2.45) is 0 Å². The molecular formula is C55H67N5O12S2. The molecule has 8 rings (SSSR count). The van der Waals surface area contributed by atoms with E-state index in [4.69, 9.17) is 28.4 Å². The number of carbonyl (C=O) groups excluding carboxylic acids is 2. The molecule has 1 heterocycles. The highest BCUT2D eigenvalue weighted by Gasteiger charge is 2.38. The number of hydrogen-bond donors (Lipinski definition) is 4. The van der Waals surface area contributed by atoms with E-state index >= 15 is 0 Å². The molecular weight excluding hydrogens is 987 g/mol. The lowest BCUT2D eigenvalue weighted by Crippen LogP contribution is -2.43. The first-order valence-electron chi connectivity index (χ1n) is 25.4. The second-order valence-corrected chi connectivity index (χ2v) is 21.8. The Balaban J connectivity index is 0.622. The number of likely N-dealkylation sites (tertiary alicyclic amines) is 1. The largest absolute Gasteiger partial charge is 0.486 e. The van der Waals surface area contributed by atoms with Gasteiger partial charge in [-0.15, -0.1) is 0 Å². The van der Waals surface area contributed by atoms with Gasteiger partial charge in [0.2, 0.25) is 20.0 Å². The number of benzene rings is 5. The van der Waals surface area contributed by atoms with Gasteiger partial charge in [-0.25, -0.2) is 26.3 Å². The molecule has 2 aliphatic carbocycles. The predicted octanol–water partition coefficient (Wildman–Crippen LogP) is 5.77. The first kappa shape index (κ1) is 54.5. The number of sulfonamides is 2. The molecule has 1 fully saturated rings. The van der Waals surface area contributed by atoms with E-state index in [1.165, 1.54) is 59.7 Å². The van der Waals surface area contributed by atoms with Gasteiger partial charge >= 0.3 is 0 Å². The van der Waals surface area contributed by atoms with Gasteiger partial charge in [-0.05, 0) is 134 Å². The normalized spacial score (nSPS) is 17.6. The fourth-order valence-electron chi connectivity index (χ4n) is 9.38. The van der Waals surface area contributed by atoms with E-state index in [0.29, 0.717) is 22.6 Å². The Labute approximate surface area is 434 Å². The molecule has 0 spiro atoms. The van der Waals surface area contributed by atoms with Crippen molar-refractivity contribution in [2.45, 2.75) is 66.6 Å². The zero-order valence-corrected chi connectivity index (χ0v) is 43.2. The molecule has 0 radical (unpaired) electrons. The number of piperidine rings is 1. The zero-order chi connectivity index (χ0) is 51.6. The molecule has 0 saturated carbocycles. The number of carbonyl (C=O) groups is 2. The van der Waals surface area contributed by atoms with E-state index < -0.39 is 20.0 Å². The Morgan fingerprint density at radius 2 is 1.00 bits per heavy atom. The Bertz CT molecular complexity index is 2830. The minimum atomic E-state index is -3.76. The van der Waals surface area contributed by atoms with E-state index in [1.54, 1.807) is 54.6 Å². The summed E-state index contributed by atoms with van der Waals surface area (Å²) in [6.45, 7) is 4.44. The van der Waals surface area contributed by atoms with Gasteiger partial charge in [0.25, 0.3) is 11.8 Å². The molecule has 3 aliphatic rings. The van der Waals surface area contributed by atoms with Gasteiger partial charge in [-0.1, -0.05) is 61.0 Å². The summed E-state index contributed by atoms with van der Waals surface area (Å²) < 4.78 is 91.5. The standard InChI is InChI=1S/C55H67N5O12S2/c61-54(56-25-31-67-35-37-69-33-27-58-73(63,64)47-20-16-45(17-21-47)71-52-24-15-41-9-2-4-13-49(41)52)43-11-8-12-44(39-43)55(62)57-26-32-68-36-38-70-34-28-59-74(65,66)48-22-18-46(19-23-48)72-53-50-14-5-3-10-42(50)40-51(53)60-29-6-1-7-30-60/h2-5,8-14,16-23,39,51-53,58-59H,1,6-7,15,24-38,40H2,(H,56,61)(H,57,62). The zero-order valence-electron chi connectivity index (χ0n) is 41.6. The van der Waals surface area contributed by atoms with Crippen molar-refractivity contribution < 1.29 is 54.8 Å². The van der Waals surface area contributed by atoms with Gasteiger partial charge in [-0.3, -0.25) is 14.5 Å². The molecule has 4 N–H and O–H groups in total. The van der Waals surface area contributed by atoms with E-state index in [2.05, 4.69) is 55.3 Å². The van der Waals surface area contributed by atoms with Crippen LogP contribution in [-0.2, 0) is 51.8 Å². The SMILES string of the molecule is O=C(NCCOCCOCCNS(=O)(=O)c1ccc(OC2CCc3ccccc32)cc1)c1cccc(C(=O)NCCOCCOCCNS(=O)(=O)c2ccc(OC3c4ccccc4CC3N3CCCCC3)cc2)c1. The first-order chi connectivity index (χ1) is 36.0. The number of ether oxygens (including phenoxy) is 6. The molecule has 1 saturated heterocycles. The Kier molecular flexibility index (Phi) is 20.0. The molecule has 19 heteroatoms. The number of nitrogens with one attached hydrogen (secondary N) is 4. The van der Waals surface area contributed by atoms with E-state index in [0.717, 1.165) is 32.4 Å². The van der Waals surface area contributed by atoms with Crippen LogP contribution < -0.4 is 29.6 Å². The summed E-state index contributed by atoms with van der Waals surface area (Å²) in [4.78, 5) is 28.3. The number of amides is 2. The van der Waals surface area contributed by atoms with Gasteiger partial charge in [0.05, 0.1) is 68.7 Å². The number of nitrogens with zero attached hydrogens (tertiary/aromatic N) is 1. The monoisotopic (exact) mass is 1050 g/mol. The van der Waals surface area contributed by atoms with Crippen LogP contribution in [0.3, 0.4) is 0 Å². The average Bonchev–Trinajstić information content (AvgIpc) is 4.01. The van der Waals surface area contributed by atoms with Crippen LogP contribution >= 0.6 is 0 Å². The highest BCUT2D eigenvalue weighted by Crippen LogP contribution is 2.39. The van der Waals surface area contributed by atoms with Crippen molar-refractivity contribution in [1.82, 2.24) is 25.0 Å². The average molecular weight is 1050 g/mol. The van der Waals surface area contributed by atoms with E-state index in [9.17, 15) is 26.4 Å². The number of fused-ring (bicyclic) bond motifs is 2. The van der Waals surface area contributed by atoms with Crippen molar-refractivity contribution >= 4 is 31.9 Å². The van der Waals surface area contributed by atoms with Gasteiger partial charge in [0, 0.05) is 37.3 Å². The maximum Gasteiger partial charge on any atom is 0.251 e. The second kappa shape index (κ2) is 27.2. The van der Waals surface area contributed by atoms with Crippen LogP contribution in [0.1, 0.15) is 80.9 Å². The number of aryl methyl sites for hydroxylation is 1. The summed E-state index contributed by atoms with van der Waals surface area (Å²) in [5.41, 5.74) is 5.58. The molecule has 5 aromatic carbocycles. The Morgan fingerprint density at radius 1 is 0.514 bits per heavy atom. The predicted molar refractivity (Wildman–Crippen MR) is 279 cm³/mol. The molecule has 5 aromatic rings. The van der Waals surface area contributed by atoms with Crippen LogP contribution in [0.15, 0.2) is 131 Å². The van der Waals surface area contributed by atoms with Gasteiger partial charge < -0.3 is 39.1 Å². The smallest absolute Gasteiger partial charge is 0.251 e. The minimum absolute atomic E-state index is 0.0459. The topological polar surface area (TPSA) is 209 Å². The third kappa shape index (κ3) is 15.4. The molecule has 0 bridgehead atoms. The fourth-order valence-corrected chi connectivity index (χ4v) is 11.4. The summed E-state index contributed by atoms with van der Waals surface area (Å²) in [5.74, 6) is 0.511. The molecule has 17 nitrogen and oxygen atoms in total. The number of hydrogen-bond acceptors (Lipinski definition) is 13. The first-order valence-corrected chi connectivity index (χ1v) is 28.4. The highest BCUT2D eigenvalue weighted by atomic mass is 32.2. The molecule has 3 unspecified atom stereocenters. The fraction of sp³-hybridized carbons (Fsp3) is 0.418. The van der Waals surface area contributed by atoms with Crippen LogP contribution in [0.4, 0.5) is 0 Å². The lowest BCUT2D eigenvalue weighted by atomic mass is 10.0. The van der Waals surface area contributed by atoms with Crippen molar-refractivity contribution in [3.63, 3.8) is 0 Å². The van der Waals surface area contributed by atoms with Gasteiger partial charge in [0.15, 0.2) is 0 Å². The van der Waals surface area contributed by atoms with E-state index in [-0.39, 0.29) is 119 Å². The lowest BCUT2D eigenvalue weighted by molar-refractivity contribution is 0.0503. The van der Waals surface area contributed by atoms with Crippen LogP contribution in [0.5, 0.6) is 11.5 Å². The molecule has 74 heavy (non-hydrogen) atoms. The third-order valence-electron chi connectivity index (χ3n) is 13.2. The van der Waals surface area contributed by atoms with Crippen LogP contribution in [0.2, 0.25) is 0 Å². The molecule has 1 aliphatic heterocycles. The van der Waals surface area contributed by atoms with Crippen LogP contribution in [-0.4, -0.2) is 132 Å². The number of rotatable bonds is 29. The molecule has 0 aromatic heterocycles. The van der Waals surface area contributed by atoms with Crippen LogP contribution in [0.25, 0.3) is 0 Å². The second-order valence-electron chi connectivity index (χ2n) is 18.2. The summed E-state index contributed by atoms with van der Waals surface area (Å²) in [7, 11) is -7.49. The summed E-state index contributed by atoms with van der Waals surface area (Å²) in [5, 5.41) is 5.53. The Morgan fingerprint density at radius 3 is 1.55 bits per heavy atom. The van der Waals surface area contributed by atoms with Crippen LogP contribution in [0, 0.1) is 0 Å². The summed E-state index contributed by atoms with van der Waals surface area (Å²) >= 11 is 0. The third-order valence-corrected chi connectivity index (χ3v) is 16.1. The highest BCUT2D eigenvalue weighted by molar-refractivity contribution is 7.89. The lowest BCUT2D eigenvalue weighted by Gasteiger charge is -2.35. The summed E-state index contributed by atoms with van der Waals surface area (Å²) in [6.07, 6.45) is 6.26. The van der Waals surface area contributed by atoms with Gasteiger partial charge in [-0.2, -0.15) is 0 Å².